The Balaban J connectivity index is 0.000000673. The molecule has 0 aliphatic rings. The van der Waals surface area contributed by atoms with Crippen LogP contribution in [0.5, 0.6) is 0 Å². The van der Waals surface area contributed by atoms with Crippen molar-refractivity contribution in [2.45, 2.75) is 65.2 Å². The lowest BCUT2D eigenvalue weighted by Gasteiger charge is -2.11. The van der Waals surface area contributed by atoms with Crippen LogP contribution in [0.25, 0.3) is 0 Å². The average Bonchev–Trinajstić information content (AvgIpc) is 2.87. The van der Waals surface area contributed by atoms with Gasteiger partial charge in [0.15, 0.2) is 0 Å². The molecule has 0 aliphatic carbocycles. The van der Waals surface area contributed by atoms with Crippen LogP contribution in [0.15, 0.2) is 96.9 Å². The summed E-state index contributed by atoms with van der Waals surface area (Å²) in [6.45, 7) is 9.05. The second-order valence-electron chi connectivity index (χ2n) is 7.73. The Kier molecular flexibility index (Phi) is 22.6. The normalized spacial score (nSPS) is 10.9. The Labute approximate surface area is 214 Å². The van der Waals surface area contributed by atoms with E-state index in [1.807, 2.05) is 11.9 Å². The first-order valence-corrected chi connectivity index (χ1v) is 15.4. The van der Waals surface area contributed by atoms with Crippen LogP contribution in [0.1, 0.15) is 65.2 Å². The van der Waals surface area contributed by atoms with Gasteiger partial charge in [0.05, 0.1) is 7.92 Å². The van der Waals surface area contributed by atoms with Gasteiger partial charge in [0.25, 0.3) is 0 Å². The minimum atomic E-state index is -0.960. The van der Waals surface area contributed by atoms with E-state index >= 15 is 0 Å². The molecule has 182 valence electrons. The molecule has 0 aromatic heterocycles. The van der Waals surface area contributed by atoms with Gasteiger partial charge < -0.3 is 5.73 Å². The van der Waals surface area contributed by atoms with Crippen LogP contribution in [0.4, 0.5) is 0 Å². The molecule has 0 saturated carbocycles. The van der Waals surface area contributed by atoms with Crippen LogP contribution in [-0.2, 0) is 0 Å². The van der Waals surface area contributed by atoms with Gasteiger partial charge in [-0.05, 0) is 62.1 Å². The Morgan fingerprint density at radius 3 is 1.67 bits per heavy atom. The van der Waals surface area contributed by atoms with Gasteiger partial charge in [-0.1, -0.05) is 123 Å². The van der Waals surface area contributed by atoms with Crippen molar-refractivity contribution in [2.24, 2.45) is 5.73 Å². The summed E-state index contributed by atoms with van der Waals surface area (Å²) < 4.78 is 0. The molecule has 0 fully saturated rings. The molecule has 0 heterocycles. The number of rotatable bonds is 13. The van der Waals surface area contributed by atoms with E-state index in [-0.39, 0.29) is 0 Å². The molecule has 0 atom stereocenters. The van der Waals surface area contributed by atoms with Gasteiger partial charge in [0.1, 0.15) is 15.9 Å². The summed E-state index contributed by atoms with van der Waals surface area (Å²) in [5, 5.41) is 4.15. The summed E-state index contributed by atoms with van der Waals surface area (Å²) in [6, 6.07) is 21.5. The van der Waals surface area contributed by atoms with Gasteiger partial charge >= 0.3 is 0 Å². The summed E-state index contributed by atoms with van der Waals surface area (Å²) in [7, 11) is -0.960. The Hall–Kier alpha value is -1.47. The second-order valence-corrected chi connectivity index (χ2v) is 10.2. The third-order valence-electron chi connectivity index (χ3n) is 5.11. The van der Waals surface area contributed by atoms with Crippen molar-refractivity contribution < 1.29 is 0 Å². The van der Waals surface area contributed by atoms with Crippen LogP contribution in [-0.4, -0.2) is 12.4 Å². The van der Waals surface area contributed by atoms with Crippen molar-refractivity contribution in [3.63, 3.8) is 0 Å². The molecule has 1 nitrogen and oxygen atoms in total. The molecule has 0 spiro atoms. The maximum Gasteiger partial charge on any atom is 0.102 e. The number of allylic oxidation sites excluding steroid dienone is 5. The molecular formula is C30H46BrNP+. The molecule has 0 radical (unpaired) electrons. The number of unbranched alkanes of at least 4 members (excludes halogenated alkanes) is 7. The largest absolute Gasteiger partial charge is 0.330 e. The van der Waals surface area contributed by atoms with E-state index in [4.69, 9.17) is 5.73 Å². The fourth-order valence-electron chi connectivity index (χ4n) is 3.52. The predicted molar refractivity (Wildman–Crippen MR) is 160 cm³/mol. The van der Waals surface area contributed by atoms with E-state index in [1.165, 1.54) is 67.3 Å². The Morgan fingerprint density at radius 1 is 0.818 bits per heavy atom. The summed E-state index contributed by atoms with van der Waals surface area (Å²) in [4.78, 5) is 0. The highest BCUT2D eigenvalue weighted by Gasteiger charge is 2.25. The monoisotopic (exact) mass is 530 g/mol. The van der Waals surface area contributed by atoms with E-state index in [9.17, 15) is 0 Å². The van der Waals surface area contributed by atoms with Gasteiger partial charge in [0.2, 0.25) is 0 Å². The minimum absolute atomic E-state index is 0.870. The fourth-order valence-corrected chi connectivity index (χ4v) is 6.19. The van der Waals surface area contributed by atoms with Gasteiger partial charge in [-0.15, -0.1) is 0 Å². The number of benzene rings is 2. The minimum Gasteiger partial charge on any atom is -0.330 e. The molecule has 2 rings (SSSR count). The number of nitrogens with two attached hydrogens (primary N) is 1. The molecule has 0 unspecified atom stereocenters. The predicted octanol–water partition coefficient (Wildman–Crippen LogP) is 8.59. The highest BCUT2D eigenvalue weighted by Crippen LogP contribution is 2.43. The van der Waals surface area contributed by atoms with E-state index in [1.54, 1.807) is 0 Å². The van der Waals surface area contributed by atoms with Crippen molar-refractivity contribution in [3.05, 3.63) is 96.9 Å². The van der Waals surface area contributed by atoms with Crippen LogP contribution in [0.2, 0.25) is 0 Å². The fraction of sp³-hybridized carbons (Fsp3) is 0.400. The van der Waals surface area contributed by atoms with Crippen molar-refractivity contribution in [3.8, 4) is 0 Å². The van der Waals surface area contributed by atoms with Crippen LogP contribution < -0.4 is 16.3 Å². The van der Waals surface area contributed by atoms with Gasteiger partial charge in [-0.2, -0.15) is 0 Å². The molecular weight excluding hydrogens is 485 g/mol. The lowest BCUT2D eigenvalue weighted by atomic mass is 10.1. The summed E-state index contributed by atoms with van der Waals surface area (Å²) in [5.74, 6) is 1.81. The molecule has 2 N–H and O–H groups in total. The van der Waals surface area contributed by atoms with E-state index < -0.39 is 7.92 Å². The van der Waals surface area contributed by atoms with Crippen LogP contribution in [0.3, 0.4) is 0 Å². The van der Waals surface area contributed by atoms with Gasteiger partial charge in [-0.3, -0.25) is 0 Å². The molecule has 0 saturated heterocycles. The Morgan fingerprint density at radius 2 is 1.27 bits per heavy atom. The standard InChI is InChI=1S/C19H19P.C10H23N.CH3Br/c1-3-11-17(12-4-2)20(18-13-7-5-8-14-18)19-15-9-6-10-16-19;1-2-3-4-5-6-7-8-9-10-11;1-2/h3-16H,1H2,2H3;2-11H2,1H3;1H3/p+1/b12-4-,17-11+;;. The highest BCUT2D eigenvalue weighted by molar-refractivity contribution is 9.08. The molecule has 2 aromatic rings. The maximum atomic E-state index is 5.39. The molecule has 3 heteroatoms. The van der Waals surface area contributed by atoms with E-state index in [0.29, 0.717) is 0 Å². The second kappa shape index (κ2) is 23.7. The topological polar surface area (TPSA) is 26.0 Å². The van der Waals surface area contributed by atoms with Gasteiger partial charge in [-0.25, -0.2) is 0 Å². The van der Waals surface area contributed by atoms with Crippen molar-refractivity contribution >= 4 is 34.5 Å². The molecule has 0 amide bonds. The lowest BCUT2D eigenvalue weighted by molar-refractivity contribution is 0.578. The molecule has 0 bridgehead atoms. The summed E-state index contributed by atoms with van der Waals surface area (Å²) in [5.41, 5.74) is 5.39. The zero-order chi connectivity index (χ0) is 24.6. The molecule has 2 aromatic carbocycles. The third kappa shape index (κ3) is 15.1. The van der Waals surface area contributed by atoms with Crippen molar-refractivity contribution in [1.29, 1.82) is 0 Å². The first-order chi connectivity index (χ1) is 16.3. The number of halogens is 1. The molecule has 0 aliphatic heterocycles. The Bertz CT molecular complexity index is 693. The smallest absolute Gasteiger partial charge is 0.102 e. The third-order valence-corrected chi connectivity index (χ3v) is 7.85. The van der Waals surface area contributed by atoms with Crippen molar-refractivity contribution in [1.82, 2.24) is 0 Å². The maximum absolute atomic E-state index is 5.39. The SMILES string of the molecule is C=C/C=C(\C=C/C)[PH+](c1ccccc1)c1ccccc1.CBr.CCCCCCCCCCN. The lowest BCUT2D eigenvalue weighted by Crippen LogP contribution is -2.12. The summed E-state index contributed by atoms with van der Waals surface area (Å²) in [6.07, 6.45) is 19.3. The number of hydrogen-bond acceptors (Lipinski definition) is 1. The van der Waals surface area contributed by atoms with Gasteiger partial charge in [0, 0.05) is 0 Å². The zero-order valence-corrected chi connectivity index (χ0v) is 23.7. The first kappa shape index (κ1) is 31.5. The number of hydrogen-bond donors (Lipinski definition) is 1. The van der Waals surface area contributed by atoms with Crippen LogP contribution in [0, 0.1) is 0 Å². The average molecular weight is 532 g/mol. The van der Waals surface area contributed by atoms with E-state index in [0.717, 1.165) is 6.54 Å². The number of alkyl halides is 1. The zero-order valence-electron chi connectivity index (χ0n) is 21.1. The quantitative estimate of drug-likeness (QED) is 0.119. The first-order valence-electron chi connectivity index (χ1n) is 12.3. The summed E-state index contributed by atoms with van der Waals surface area (Å²) >= 11 is 2.94. The van der Waals surface area contributed by atoms with E-state index in [2.05, 4.69) is 115 Å². The van der Waals surface area contributed by atoms with Crippen molar-refractivity contribution in [2.75, 3.05) is 12.4 Å². The highest BCUT2D eigenvalue weighted by atomic mass is 79.9. The van der Waals surface area contributed by atoms with Crippen LogP contribution >= 0.6 is 23.9 Å². The molecule has 33 heavy (non-hydrogen) atoms.